The van der Waals surface area contributed by atoms with E-state index in [9.17, 15) is 14.4 Å². The summed E-state index contributed by atoms with van der Waals surface area (Å²) in [6.45, 7) is 6.53. The van der Waals surface area contributed by atoms with Crippen LogP contribution in [0.2, 0.25) is 0 Å². The van der Waals surface area contributed by atoms with Gasteiger partial charge in [0.25, 0.3) is 0 Å². The van der Waals surface area contributed by atoms with Gasteiger partial charge in [0.1, 0.15) is 13.2 Å². The molecule has 0 aliphatic carbocycles. The smallest absolute Gasteiger partial charge is 0.306 e. The van der Waals surface area contributed by atoms with Gasteiger partial charge in [-0.1, -0.05) is 273 Å². The van der Waals surface area contributed by atoms with Gasteiger partial charge >= 0.3 is 17.9 Å². The zero-order valence-electron chi connectivity index (χ0n) is 47.7. The second-order valence-electron chi connectivity index (χ2n) is 20.6. The highest BCUT2D eigenvalue weighted by Gasteiger charge is 2.19. The number of hydrogen-bond acceptors (Lipinski definition) is 6. The lowest BCUT2D eigenvalue weighted by atomic mass is 10.0. The summed E-state index contributed by atoms with van der Waals surface area (Å²) in [5.74, 6) is -0.905. The van der Waals surface area contributed by atoms with E-state index in [1.165, 1.54) is 173 Å². The summed E-state index contributed by atoms with van der Waals surface area (Å²) in [6, 6.07) is 0. The molecule has 0 rings (SSSR count). The van der Waals surface area contributed by atoms with Gasteiger partial charge in [-0.25, -0.2) is 0 Å². The normalized spacial score (nSPS) is 12.5. The van der Waals surface area contributed by atoms with Gasteiger partial charge in [-0.05, 0) is 89.9 Å². The molecule has 0 aliphatic heterocycles. The molecule has 6 heteroatoms. The van der Waals surface area contributed by atoms with Crippen molar-refractivity contribution in [3.8, 4) is 0 Å². The van der Waals surface area contributed by atoms with E-state index in [1.807, 2.05) is 0 Å². The van der Waals surface area contributed by atoms with Crippen LogP contribution in [-0.2, 0) is 28.6 Å². The van der Waals surface area contributed by atoms with Crippen molar-refractivity contribution in [1.82, 2.24) is 0 Å². The number of carbonyl (C=O) groups is 3. The Morgan fingerprint density at radius 2 is 0.542 bits per heavy atom. The van der Waals surface area contributed by atoms with Crippen molar-refractivity contribution in [2.75, 3.05) is 13.2 Å². The molecule has 0 saturated carbocycles. The number of allylic oxidation sites excluding steroid dienone is 12. The molecule has 0 aliphatic rings. The van der Waals surface area contributed by atoms with Crippen LogP contribution in [0.25, 0.3) is 0 Å². The molecule has 0 aromatic carbocycles. The van der Waals surface area contributed by atoms with Crippen molar-refractivity contribution >= 4 is 17.9 Å². The lowest BCUT2D eigenvalue weighted by molar-refractivity contribution is -0.167. The molecule has 0 bridgehead atoms. The third kappa shape index (κ3) is 57.7. The zero-order valence-corrected chi connectivity index (χ0v) is 47.7. The van der Waals surface area contributed by atoms with Crippen LogP contribution in [0.5, 0.6) is 0 Å². The lowest BCUT2D eigenvalue weighted by Crippen LogP contribution is -2.30. The van der Waals surface area contributed by atoms with Crippen LogP contribution in [-0.4, -0.2) is 37.2 Å². The van der Waals surface area contributed by atoms with Gasteiger partial charge in [-0.2, -0.15) is 0 Å². The Morgan fingerprint density at radius 3 is 0.875 bits per heavy atom. The highest BCUT2D eigenvalue weighted by atomic mass is 16.6. The zero-order chi connectivity index (χ0) is 52.2. The van der Waals surface area contributed by atoms with Crippen molar-refractivity contribution in [2.45, 2.75) is 316 Å². The van der Waals surface area contributed by atoms with Gasteiger partial charge in [-0.3, -0.25) is 14.4 Å². The minimum Gasteiger partial charge on any atom is -0.462 e. The van der Waals surface area contributed by atoms with E-state index in [2.05, 4.69) is 93.7 Å². The third-order valence-electron chi connectivity index (χ3n) is 13.4. The lowest BCUT2D eigenvalue weighted by Gasteiger charge is -2.18. The van der Waals surface area contributed by atoms with Gasteiger partial charge in [0.15, 0.2) is 6.10 Å². The fourth-order valence-electron chi connectivity index (χ4n) is 8.82. The molecule has 0 N–H and O–H groups in total. The predicted molar refractivity (Wildman–Crippen MR) is 311 cm³/mol. The average molecular weight is 1010 g/mol. The standard InChI is InChI=1S/C66H116O6/c1-4-7-10-13-16-19-22-25-28-31-33-35-38-41-44-47-50-53-56-59-65(68)71-62-63(61-70-64(67)58-55-52-49-46-43-40-37-30-27-24-21-18-15-12-9-6-3)72-66(69)60-57-54-51-48-45-42-39-36-34-32-29-26-23-20-17-14-11-8-5-2/h7,10,16,19,25-26,28-29,33,35,41,44,63H,4-6,8-9,11-15,17-18,20-24,27,30-32,34,36-40,42-43,45-62H2,1-3H3/b10-7-,19-16-,28-25-,29-26-,35-33-,44-41-. The predicted octanol–water partition coefficient (Wildman–Crippen LogP) is 20.9. The summed E-state index contributed by atoms with van der Waals surface area (Å²) in [4.78, 5) is 38.3. The second kappa shape index (κ2) is 60.4. The molecular weight excluding hydrogens is 889 g/mol. The molecule has 416 valence electrons. The first-order valence-corrected chi connectivity index (χ1v) is 30.9. The van der Waals surface area contributed by atoms with E-state index < -0.39 is 6.10 Å². The molecule has 0 aromatic rings. The van der Waals surface area contributed by atoms with Crippen molar-refractivity contribution in [3.05, 3.63) is 72.9 Å². The molecule has 0 aromatic heterocycles. The highest BCUT2D eigenvalue weighted by Crippen LogP contribution is 2.16. The maximum absolute atomic E-state index is 12.9. The maximum atomic E-state index is 12.9. The van der Waals surface area contributed by atoms with Crippen molar-refractivity contribution in [3.63, 3.8) is 0 Å². The minimum absolute atomic E-state index is 0.0839. The molecule has 1 atom stereocenters. The molecule has 1 unspecified atom stereocenters. The number of rotatable bonds is 56. The Bertz CT molecular complexity index is 1340. The maximum Gasteiger partial charge on any atom is 0.306 e. The van der Waals surface area contributed by atoms with Crippen molar-refractivity contribution in [2.24, 2.45) is 0 Å². The quantitative estimate of drug-likeness (QED) is 0.0261. The molecule has 0 radical (unpaired) electrons. The van der Waals surface area contributed by atoms with Crippen LogP contribution in [0, 0.1) is 0 Å². The van der Waals surface area contributed by atoms with E-state index in [4.69, 9.17) is 14.2 Å². The Hall–Kier alpha value is -3.15. The summed E-state index contributed by atoms with van der Waals surface area (Å²) in [5.41, 5.74) is 0. The van der Waals surface area contributed by atoms with E-state index in [0.717, 1.165) is 96.3 Å². The second-order valence-corrected chi connectivity index (χ2v) is 20.6. The fraction of sp³-hybridized carbons (Fsp3) is 0.773. The molecule has 0 heterocycles. The highest BCUT2D eigenvalue weighted by molar-refractivity contribution is 5.71. The fourth-order valence-corrected chi connectivity index (χ4v) is 8.82. The van der Waals surface area contributed by atoms with E-state index in [1.54, 1.807) is 0 Å². The first kappa shape index (κ1) is 68.8. The molecule has 72 heavy (non-hydrogen) atoms. The summed E-state index contributed by atoms with van der Waals surface area (Å²) in [6.07, 6.45) is 77.5. The number of ether oxygens (including phenoxy) is 3. The number of carbonyl (C=O) groups excluding carboxylic acids is 3. The van der Waals surface area contributed by atoms with Gasteiger partial charge in [0, 0.05) is 19.3 Å². The largest absolute Gasteiger partial charge is 0.462 e. The van der Waals surface area contributed by atoms with E-state index in [-0.39, 0.29) is 31.1 Å². The Kier molecular flexibility index (Phi) is 57.8. The van der Waals surface area contributed by atoms with Crippen LogP contribution in [0.4, 0.5) is 0 Å². The van der Waals surface area contributed by atoms with Crippen LogP contribution in [0.15, 0.2) is 72.9 Å². The van der Waals surface area contributed by atoms with E-state index >= 15 is 0 Å². The summed E-state index contributed by atoms with van der Waals surface area (Å²) >= 11 is 0. The van der Waals surface area contributed by atoms with Crippen molar-refractivity contribution < 1.29 is 28.6 Å². The average Bonchev–Trinajstić information content (AvgIpc) is 3.38. The van der Waals surface area contributed by atoms with Crippen LogP contribution < -0.4 is 0 Å². The minimum atomic E-state index is -0.790. The Labute approximate surface area is 446 Å². The van der Waals surface area contributed by atoms with Gasteiger partial charge in [0.05, 0.1) is 0 Å². The topological polar surface area (TPSA) is 78.9 Å². The monoisotopic (exact) mass is 1000 g/mol. The summed E-state index contributed by atoms with van der Waals surface area (Å²) in [5, 5.41) is 0. The summed E-state index contributed by atoms with van der Waals surface area (Å²) in [7, 11) is 0. The first-order valence-electron chi connectivity index (χ1n) is 30.9. The molecule has 0 fully saturated rings. The molecule has 0 saturated heterocycles. The van der Waals surface area contributed by atoms with Gasteiger partial charge < -0.3 is 14.2 Å². The molecule has 0 spiro atoms. The van der Waals surface area contributed by atoms with Crippen LogP contribution in [0.3, 0.4) is 0 Å². The van der Waals surface area contributed by atoms with E-state index in [0.29, 0.717) is 19.3 Å². The SMILES string of the molecule is CC/C=C\C/C=C\C/C=C\C/C=C\C/C=C\CCCCCC(=O)OCC(COC(=O)CCCCCCCCCCCCCCCCCC)OC(=O)CCCCCCCCCCC/C=C\CCCCCCCC. The Balaban J connectivity index is 4.42. The Morgan fingerprint density at radius 1 is 0.292 bits per heavy atom. The van der Waals surface area contributed by atoms with Crippen LogP contribution in [0.1, 0.15) is 310 Å². The molecule has 0 amide bonds. The number of hydrogen-bond donors (Lipinski definition) is 0. The molecular formula is C66H116O6. The molecule has 6 nitrogen and oxygen atoms in total. The summed E-state index contributed by atoms with van der Waals surface area (Å²) < 4.78 is 16.9. The van der Waals surface area contributed by atoms with Gasteiger partial charge in [0.2, 0.25) is 0 Å². The number of esters is 3. The van der Waals surface area contributed by atoms with Crippen LogP contribution >= 0.6 is 0 Å². The van der Waals surface area contributed by atoms with Gasteiger partial charge in [-0.15, -0.1) is 0 Å². The number of unbranched alkanes of at least 4 members (excludes halogenated alkanes) is 33. The first-order chi connectivity index (χ1) is 35.5. The van der Waals surface area contributed by atoms with Crippen molar-refractivity contribution in [1.29, 1.82) is 0 Å². The third-order valence-corrected chi connectivity index (χ3v) is 13.4.